The highest BCUT2D eigenvalue weighted by molar-refractivity contribution is 6.02. The van der Waals surface area contributed by atoms with Gasteiger partial charge in [0.25, 0.3) is 0 Å². The first-order valence-electron chi connectivity index (χ1n) is 5.76. The SMILES string of the molecule is O=C(O)CC1OCCC2C1=Nc1ccccc12. The zero-order chi connectivity index (χ0) is 11.8. The molecule has 0 aromatic heterocycles. The average Bonchev–Trinajstić information content (AvgIpc) is 2.68. The Labute approximate surface area is 98.9 Å². The van der Waals surface area contributed by atoms with Crippen molar-refractivity contribution < 1.29 is 14.6 Å². The molecule has 0 saturated carbocycles. The van der Waals surface area contributed by atoms with Crippen molar-refractivity contribution in [3.8, 4) is 0 Å². The molecule has 17 heavy (non-hydrogen) atoms. The molecule has 0 amide bonds. The van der Waals surface area contributed by atoms with E-state index in [4.69, 9.17) is 9.84 Å². The molecule has 0 radical (unpaired) electrons. The number of aliphatic carboxylic acids is 1. The number of hydrogen-bond acceptors (Lipinski definition) is 3. The van der Waals surface area contributed by atoms with Crippen LogP contribution in [0, 0.1) is 0 Å². The van der Waals surface area contributed by atoms with Gasteiger partial charge in [-0.2, -0.15) is 0 Å². The van der Waals surface area contributed by atoms with Crippen molar-refractivity contribution in [1.82, 2.24) is 0 Å². The number of nitrogens with zero attached hydrogens (tertiary/aromatic N) is 1. The number of aliphatic imine (C=N–C) groups is 1. The predicted octanol–water partition coefficient (Wildman–Crippen LogP) is 2.12. The number of para-hydroxylation sites is 1. The lowest BCUT2D eigenvalue weighted by molar-refractivity contribution is -0.139. The van der Waals surface area contributed by atoms with Crippen molar-refractivity contribution in [2.45, 2.75) is 24.9 Å². The monoisotopic (exact) mass is 231 g/mol. The van der Waals surface area contributed by atoms with Gasteiger partial charge in [-0.1, -0.05) is 18.2 Å². The Morgan fingerprint density at radius 3 is 3.12 bits per heavy atom. The van der Waals surface area contributed by atoms with Crippen molar-refractivity contribution >= 4 is 17.4 Å². The molecule has 2 atom stereocenters. The molecule has 2 aliphatic rings. The van der Waals surface area contributed by atoms with Crippen LogP contribution in [0.15, 0.2) is 29.3 Å². The van der Waals surface area contributed by atoms with Crippen LogP contribution >= 0.6 is 0 Å². The number of carboxylic acids is 1. The Morgan fingerprint density at radius 2 is 2.29 bits per heavy atom. The number of hydrogen-bond donors (Lipinski definition) is 1. The summed E-state index contributed by atoms with van der Waals surface area (Å²) in [6.07, 6.45) is 0.536. The van der Waals surface area contributed by atoms with E-state index in [2.05, 4.69) is 11.1 Å². The first kappa shape index (κ1) is 10.5. The third-order valence-electron chi connectivity index (χ3n) is 3.33. The third kappa shape index (κ3) is 1.74. The Bertz CT molecular complexity index is 495. The van der Waals surface area contributed by atoms with E-state index in [9.17, 15) is 4.79 Å². The van der Waals surface area contributed by atoms with Gasteiger partial charge in [0.05, 0.1) is 17.8 Å². The molecule has 2 aliphatic heterocycles. The fraction of sp³-hybridized carbons (Fsp3) is 0.385. The predicted molar refractivity (Wildman–Crippen MR) is 62.9 cm³/mol. The van der Waals surface area contributed by atoms with Crippen molar-refractivity contribution in [3.63, 3.8) is 0 Å². The van der Waals surface area contributed by atoms with E-state index in [0.29, 0.717) is 6.61 Å². The van der Waals surface area contributed by atoms with Crippen molar-refractivity contribution in [2.24, 2.45) is 4.99 Å². The summed E-state index contributed by atoms with van der Waals surface area (Å²) in [4.78, 5) is 15.3. The Hall–Kier alpha value is -1.68. The highest BCUT2D eigenvalue weighted by atomic mass is 16.5. The minimum atomic E-state index is -0.839. The van der Waals surface area contributed by atoms with E-state index >= 15 is 0 Å². The van der Waals surface area contributed by atoms with Gasteiger partial charge in [0.2, 0.25) is 0 Å². The summed E-state index contributed by atoms with van der Waals surface area (Å²) in [5, 5.41) is 8.87. The number of carbonyl (C=O) groups is 1. The van der Waals surface area contributed by atoms with Crippen LogP contribution < -0.4 is 0 Å². The quantitative estimate of drug-likeness (QED) is 0.848. The largest absolute Gasteiger partial charge is 0.481 e. The fourth-order valence-electron chi connectivity index (χ4n) is 2.60. The molecule has 1 aromatic carbocycles. The summed E-state index contributed by atoms with van der Waals surface area (Å²) in [7, 11) is 0. The molecular weight excluding hydrogens is 218 g/mol. The standard InChI is InChI=1S/C13H13NO3/c15-12(16)7-11-13-9(5-6-17-11)8-3-1-2-4-10(8)14-13/h1-4,9,11H,5-7H2,(H,15,16). The minimum absolute atomic E-state index is 0.00330. The second-order valence-electron chi connectivity index (χ2n) is 4.39. The normalized spacial score (nSPS) is 26.0. The van der Waals surface area contributed by atoms with Crippen molar-refractivity contribution in [2.75, 3.05) is 6.61 Å². The number of fused-ring (bicyclic) bond motifs is 3. The molecule has 1 fully saturated rings. The average molecular weight is 231 g/mol. The van der Waals surface area contributed by atoms with Crippen LogP contribution in [0.2, 0.25) is 0 Å². The second kappa shape index (κ2) is 3.96. The van der Waals surface area contributed by atoms with Crippen molar-refractivity contribution in [1.29, 1.82) is 0 Å². The van der Waals surface area contributed by atoms with Crippen LogP contribution in [0.25, 0.3) is 0 Å². The second-order valence-corrected chi connectivity index (χ2v) is 4.39. The summed E-state index contributed by atoms with van der Waals surface area (Å²) in [6, 6.07) is 7.99. The van der Waals surface area contributed by atoms with Gasteiger partial charge < -0.3 is 9.84 Å². The lowest BCUT2D eigenvalue weighted by atomic mass is 9.87. The van der Waals surface area contributed by atoms with Crippen LogP contribution in [0.3, 0.4) is 0 Å². The molecule has 88 valence electrons. The zero-order valence-corrected chi connectivity index (χ0v) is 9.30. The molecule has 2 unspecified atom stereocenters. The lowest BCUT2D eigenvalue weighted by Crippen LogP contribution is -2.35. The van der Waals surface area contributed by atoms with Gasteiger partial charge in [0.15, 0.2) is 0 Å². The first-order valence-corrected chi connectivity index (χ1v) is 5.76. The fourth-order valence-corrected chi connectivity index (χ4v) is 2.60. The van der Waals surface area contributed by atoms with Gasteiger partial charge in [-0.25, -0.2) is 0 Å². The van der Waals surface area contributed by atoms with Gasteiger partial charge in [0.1, 0.15) is 6.10 Å². The Morgan fingerprint density at radius 1 is 1.47 bits per heavy atom. The lowest BCUT2D eigenvalue weighted by Gasteiger charge is -2.27. The third-order valence-corrected chi connectivity index (χ3v) is 3.33. The summed E-state index contributed by atoms with van der Waals surface area (Å²) >= 11 is 0. The Kier molecular flexibility index (Phi) is 2.44. The first-order chi connectivity index (χ1) is 8.25. The summed E-state index contributed by atoms with van der Waals surface area (Å²) < 4.78 is 5.52. The van der Waals surface area contributed by atoms with E-state index < -0.39 is 5.97 Å². The maximum atomic E-state index is 10.8. The Balaban J connectivity index is 1.94. The molecule has 0 spiro atoms. The minimum Gasteiger partial charge on any atom is -0.481 e. The van der Waals surface area contributed by atoms with Gasteiger partial charge >= 0.3 is 5.97 Å². The van der Waals surface area contributed by atoms with Gasteiger partial charge in [-0.05, 0) is 18.1 Å². The van der Waals surface area contributed by atoms with E-state index in [0.717, 1.165) is 17.8 Å². The van der Waals surface area contributed by atoms with Gasteiger partial charge in [0, 0.05) is 12.5 Å². The maximum Gasteiger partial charge on any atom is 0.306 e. The molecule has 4 nitrogen and oxygen atoms in total. The van der Waals surface area contributed by atoms with E-state index in [1.165, 1.54) is 5.56 Å². The summed E-state index contributed by atoms with van der Waals surface area (Å²) in [5.41, 5.74) is 3.06. The van der Waals surface area contributed by atoms with Crippen LogP contribution in [-0.4, -0.2) is 29.5 Å². The highest BCUT2D eigenvalue weighted by Crippen LogP contribution is 2.41. The number of carboxylic acid groups (broad SMARTS) is 1. The zero-order valence-electron chi connectivity index (χ0n) is 9.30. The maximum absolute atomic E-state index is 10.8. The van der Waals surface area contributed by atoms with Crippen LogP contribution in [0.4, 0.5) is 5.69 Å². The number of rotatable bonds is 2. The van der Waals surface area contributed by atoms with Crippen LogP contribution in [0.5, 0.6) is 0 Å². The topological polar surface area (TPSA) is 58.9 Å². The summed E-state index contributed by atoms with van der Waals surface area (Å²) in [6.45, 7) is 0.607. The molecule has 2 heterocycles. The van der Waals surface area contributed by atoms with Gasteiger partial charge in [-0.15, -0.1) is 0 Å². The number of ether oxygens (including phenoxy) is 1. The molecule has 0 bridgehead atoms. The smallest absolute Gasteiger partial charge is 0.306 e. The van der Waals surface area contributed by atoms with E-state index in [1.54, 1.807) is 0 Å². The summed E-state index contributed by atoms with van der Waals surface area (Å²) in [5.74, 6) is -0.585. The van der Waals surface area contributed by atoms with Crippen LogP contribution in [0.1, 0.15) is 24.3 Å². The molecule has 0 aliphatic carbocycles. The number of benzene rings is 1. The van der Waals surface area contributed by atoms with Crippen molar-refractivity contribution in [3.05, 3.63) is 29.8 Å². The van der Waals surface area contributed by atoms with E-state index in [-0.39, 0.29) is 18.4 Å². The van der Waals surface area contributed by atoms with Crippen LogP contribution in [-0.2, 0) is 9.53 Å². The molecule has 3 rings (SSSR count). The van der Waals surface area contributed by atoms with Gasteiger partial charge in [-0.3, -0.25) is 9.79 Å². The molecule has 4 heteroatoms. The van der Waals surface area contributed by atoms with E-state index in [1.807, 2.05) is 18.2 Å². The molecule has 1 aromatic rings. The highest BCUT2D eigenvalue weighted by Gasteiger charge is 2.36. The molecular formula is C13H13NO3. The molecule has 1 saturated heterocycles. The molecule has 1 N–H and O–H groups in total.